The summed E-state index contributed by atoms with van der Waals surface area (Å²) in [6, 6.07) is 0. The minimum atomic E-state index is -0.116. The molecule has 3 N–H and O–H groups in total. The molecule has 70 valence electrons. The number of rotatable bonds is 0. The highest BCUT2D eigenvalue weighted by Gasteiger charge is 2.11. The van der Waals surface area contributed by atoms with E-state index in [2.05, 4.69) is 5.32 Å². The zero-order valence-electron chi connectivity index (χ0n) is 8.11. The van der Waals surface area contributed by atoms with Crippen molar-refractivity contribution in [3.8, 4) is 0 Å². The van der Waals surface area contributed by atoms with Crippen molar-refractivity contribution in [2.24, 2.45) is 5.73 Å². The summed E-state index contributed by atoms with van der Waals surface area (Å²) in [6.45, 7) is 6.65. The Hall–Kier alpha value is -0.990. The largest absolute Gasteiger partial charge is 0.394 e. The van der Waals surface area contributed by atoms with E-state index >= 15 is 0 Å². The smallest absolute Gasteiger partial charge is 0.267 e. The Balaban J connectivity index is 0.000000561. The number of allylic oxidation sites excluding steroid dienone is 1. The Morgan fingerprint density at radius 3 is 2.58 bits per heavy atom. The molecule has 0 aliphatic carbocycles. The van der Waals surface area contributed by atoms with Crippen LogP contribution in [-0.4, -0.2) is 12.5 Å². The van der Waals surface area contributed by atoms with Crippen molar-refractivity contribution in [1.82, 2.24) is 5.32 Å². The van der Waals surface area contributed by atoms with Gasteiger partial charge in [-0.1, -0.05) is 13.8 Å². The van der Waals surface area contributed by atoms with Crippen molar-refractivity contribution >= 4 is 5.91 Å². The maximum atomic E-state index is 10.9. The molecule has 1 amide bonds. The van der Waals surface area contributed by atoms with Crippen LogP contribution in [0.5, 0.6) is 0 Å². The molecular formula is C9H18N2O. The Bertz CT molecular complexity index is 185. The number of hydrogen-bond donors (Lipinski definition) is 2. The molecule has 0 aromatic carbocycles. The first-order chi connectivity index (χ1) is 5.72. The highest BCUT2D eigenvalue weighted by Crippen LogP contribution is 2.09. The van der Waals surface area contributed by atoms with Gasteiger partial charge in [-0.2, -0.15) is 0 Å². The summed E-state index contributed by atoms with van der Waals surface area (Å²) >= 11 is 0. The van der Waals surface area contributed by atoms with Gasteiger partial charge in [0.05, 0.1) is 5.70 Å². The van der Waals surface area contributed by atoms with Crippen LogP contribution < -0.4 is 11.1 Å². The molecule has 12 heavy (non-hydrogen) atoms. The molecule has 1 rings (SSSR count). The maximum Gasteiger partial charge on any atom is 0.267 e. The molecule has 0 aromatic rings. The van der Waals surface area contributed by atoms with E-state index in [4.69, 9.17) is 5.73 Å². The predicted molar refractivity (Wildman–Crippen MR) is 50.5 cm³/mol. The van der Waals surface area contributed by atoms with Gasteiger partial charge in [-0.3, -0.25) is 4.79 Å². The molecule has 0 aromatic heterocycles. The van der Waals surface area contributed by atoms with Gasteiger partial charge in [-0.05, 0) is 25.3 Å². The molecule has 1 heterocycles. The van der Waals surface area contributed by atoms with E-state index in [1.165, 1.54) is 0 Å². The average Bonchev–Trinajstić information content (AvgIpc) is 2.24. The van der Waals surface area contributed by atoms with Crippen molar-refractivity contribution in [2.75, 3.05) is 6.54 Å². The second-order valence-electron chi connectivity index (χ2n) is 2.55. The fraction of sp³-hybridized carbons (Fsp3) is 0.667. The summed E-state index contributed by atoms with van der Waals surface area (Å²) in [7, 11) is 0. The molecule has 1 aliphatic rings. The van der Waals surface area contributed by atoms with E-state index < -0.39 is 0 Å². The van der Waals surface area contributed by atoms with Gasteiger partial charge in [-0.25, -0.2) is 0 Å². The van der Waals surface area contributed by atoms with Crippen molar-refractivity contribution in [3.05, 3.63) is 11.3 Å². The zero-order valence-corrected chi connectivity index (χ0v) is 8.11. The molecule has 0 fully saturated rings. The molecule has 0 bridgehead atoms. The summed E-state index contributed by atoms with van der Waals surface area (Å²) in [5.74, 6) is -0.116. The van der Waals surface area contributed by atoms with Gasteiger partial charge in [0.1, 0.15) is 0 Å². The number of hydrogen-bond acceptors (Lipinski definition) is 2. The average molecular weight is 170 g/mol. The van der Waals surface area contributed by atoms with Crippen LogP contribution in [0.25, 0.3) is 0 Å². The highest BCUT2D eigenvalue weighted by atomic mass is 16.1. The van der Waals surface area contributed by atoms with Crippen molar-refractivity contribution in [1.29, 1.82) is 0 Å². The van der Waals surface area contributed by atoms with E-state index in [-0.39, 0.29) is 5.91 Å². The van der Waals surface area contributed by atoms with Crippen molar-refractivity contribution in [2.45, 2.75) is 33.6 Å². The standard InChI is InChI=1S/C7H12N2O.C2H6/c1-5-3-2-4-9-7(10)6(5)8;1-2/h2-4,8H2,1H3,(H,9,10);1-2H3. The minimum Gasteiger partial charge on any atom is -0.394 e. The lowest BCUT2D eigenvalue weighted by Gasteiger charge is -1.99. The summed E-state index contributed by atoms with van der Waals surface area (Å²) < 4.78 is 0. The third-order valence-corrected chi connectivity index (χ3v) is 1.72. The lowest BCUT2D eigenvalue weighted by atomic mass is 10.1. The van der Waals surface area contributed by atoms with Gasteiger partial charge < -0.3 is 11.1 Å². The van der Waals surface area contributed by atoms with Gasteiger partial charge in [0.25, 0.3) is 5.91 Å². The molecule has 0 atom stereocenters. The number of nitrogens with two attached hydrogens (primary N) is 1. The Kier molecular flexibility index (Phi) is 5.17. The van der Waals surface area contributed by atoms with Gasteiger partial charge in [0.15, 0.2) is 0 Å². The molecule has 0 radical (unpaired) electrons. The van der Waals surface area contributed by atoms with Crippen LogP contribution in [-0.2, 0) is 4.79 Å². The monoisotopic (exact) mass is 170 g/mol. The molecule has 0 unspecified atom stereocenters. The topological polar surface area (TPSA) is 55.1 Å². The quantitative estimate of drug-likeness (QED) is 0.573. The fourth-order valence-corrected chi connectivity index (χ4v) is 0.979. The number of carbonyl (C=O) groups excluding carboxylic acids is 1. The number of amides is 1. The molecule has 3 heteroatoms. The summed E-state index contributed by atoms with van der Waals surface area (Å²) in [5.41, 5.74) is 6.90. The number of nitrogens with one attached hydrogen (secondary N) is 1. The third kappa shape index (κ3) is 2.95. The second kappa shape index (κ2) is 5.63. The van der Waals surface area contributed by atoms with Crippen LogP contribution in [0.1, 0.15) is 33.6 Å². The van der Waals surface area contributed by atoms with Gasteiger partial charge in [0, 0.05) is 6.54 Å². The first kappa shape index (κ1) is 11.0. The fourth-order valence-electron chi connectivity index (χ4n) is 0.979. The van der Waals surface area contributed by atoms with E-state index in [1.54, 1.807) is 0 Å². The van der Waals surface area contributed by atoms with E-state index in [1.807, 2.05) is 20.8 Å². The Morgan fingerprint density at radius 1 is 1.42 bits per heavy atom. The Morgan fingerprint density at radius 2 is 2.00 bits per heavy atom. The highest BCUT2D eigenvalue weighted by molar-refractivity contribution is 5.93. The maximum absolute atomic E-state index is 10.9. The van der Waals surface area contributed by atoms with Crippen LogP contribution in [0, 0.1) is 0 Å². The molecule has 1 aliphatic heterocycles. The summed E-state index contributed by atoms with van der Waals surface area (Å²) in [4.78, 5) is 10.9. The van der Waals surface area contributed by atoms with Crippen LogP contribution in [0.4, 0.5) is 0 Å². The van der Waals surface area contributed by atoms with Crippen LogP contribution in [0.2, 0.25) is 0 Å². The van der Waals surface area contributed by atoms with Crippen molar-refractivity contribution in [3.63, 3.8) is 0 Å². The first-order valence-electron chi connectivity index (χ1n) is 4.45. The van der Waals surface area contributed by atoms with Crippen molar-refractivity contribution < 1.29 is 4.79 Å². The lowest BCUT2D eigenvalue weighted by molar-refractivity contribution is -0.117. The van der Waals surface area contributed by atoms with E-state index in [9.17, 15) is 4.79 Å². The third-order valence-electron chi connectivity index (χ3n) is 1.72. The molecule has 3 nitrogen and oxygen atoms in total. The zero-order chi connectivity index (χ0) is 9.56. The molecule has 0 spiro atoms. The predicted octanol–water partition coefficient (Wildman–Crippen LogP) is 1.16. The Labute approximate surface area is 74.0 Å². The summed E-state index contributed by atoms with van der Waals surface area (Å²) in [6.07, 6.45) is 1.93. The number of carbonyl (C=O) groups is 1. The second-order valence-corrected chi connectivity index (χ2v) is 2.55. The van der Waals surface area contributed by atoms with Crippen LogP contribution >= 0.6 is 0 Å². The minimum absolute atomic E-state index is 0.116. The molecular weight excluding hydrogens is 152 g/mol. The van der Waals surface area contributed by atoms with Crippen LogP contribution in [0.3, 0.4) is 0 Å². The van der Waals surface area contributed by atoms with Gasteiger partial charge in [-0.15, -0.1) is 0 Å². The van der Waals surface area contributed by atoms with E-state index in [0.29, 0.717) is 5.70 Å². The summed E-state index contributed by atoms with van der Waals surface area (Å²) in [5, 5.41) is 2.70. The SMILES string of the molecule is CC.CC1=C(N)C(=O)NCCC1. The first-order valence-corrected chi connectivity index (χ1v) is 4.45. The normalized spacial score (nSPS) is 17.4. The van der Waals surface area contributed by atoms with Gasteiger partial charge in [0.2, 0.25) is 0 Å². The lowest BCUT2D eigenvalue weighted by Crippen LogP contribution is -2.27. The van der Waals surface area contributed by atoms with Gasteiger partial charge >= 0.3 is 0 Å². The van der Waals surface area contributed by atoms with E-state index in [0.717, 1.165) is 25.0 Å². The molecule has 0 saturated heterocycles. The molecule has 0 saturated carbocycles. The van der Waals surface area contributed by atoms with Crippen LogP contribution in [0.15, 0.2) is 11.3 Å².